The van der Waals surface area contributed by atoms with Gasteiger partial charge in [-0.2, -0.15) is 0 Å². The number of aromatic amines is 1. The SMILES string of the molecule is Cc1nc(Cn2c(=S)[nH]c3c(F)cc(F)cc32)cs1. The van der Waals surface area contributed by atoms with E-state index in [1.54, 1.807) is 4.57 Å². The summed E-state index contributed by atoms with van der Waals surface area (Å²) in [5.74, 6) is -1.27. The second kappa shape index (κ2) is 4.50. The number of halogens is 2. The molecule has 0 aliphatic rings. The van der Waals surface area contributed by atoms with Crippen LogP contribution < -0.4 is 0 Å². The lowest BCUT2D eigenvalue weighted by Crippen LogP contribution is -2.00. The monoisotopic (exact) mass is 297 g/mol. The van der Waals surface area contributed by atoms with Crippen LogP contribution >= 0.6 is 23.6 Å². The molecular formula is C12H9F2N3S2. The molecule has 1 aromatic carbocycles. The molecule has 2 heterocycles. The van der Waals surface area contributed by atoms with E-state index in [0.29, 0.717) is 16.8 Å². The van der Waals surface area contributed by atoms with Gasteiger partial charge < -0.3 is 9.55 Å². The van der Waals surface area contributed by atoms with E-state index in [1.807, 2.05) is 12.3 Å². The van der Waals surface area contributed by atoms with Crippen LogP contribution in [0.1, 0.15) is 10.7 Å². The summed E-state index contributed by atoms with van der Waals surface area (Å²) >= 11 is 6.68. The average molecular weight is 297 g/mol. The van der Waals surface area contributed by atoms with Crippen LogP contribution in [0.15, 0.2) is 17.5 Å². The Morgan fingerprint density at radius 3 is 2.89 bits per heavy atom. The van der Waals surface area contributed by atoms with E-state index < -0.39 is 11.6 Å². The number of hydrogen-bond donors (Lipinski definition) is 1. The molecule has 0 bridgehead atoms. The van der Waals surface area contributed by atoms with Crippen molar-refractivity contribution in [2.45, 2.75) is 13.5 Å². The summed E-state index contributed by atoms with van der Waals surface area (Å²) in [7, 11) is 0. The van der Waals surface area contributed by atoms with E-state index >= 15 is 0 Å². The molecule has 7 heteroatoms. The van der Waals surface area contributed by atoms with Gasteiger partial charge in [0, 0.05) is 11.4 Å². The number of rotatable bonds is 2. The highest BCUT2D eigenvalue weighted by molar-refractivity contribution is 7.71. The van der Waals surface area contributed by atoms with Crippen LogP contribution in [-0.2, 0) is 6.54 Å². The van der Waals surface area contributed by atoms with Crippen molar-refractivity contribution in [3.63, 3.8) is 0 Å². The predicted octanol–water partition coefficient (Wildman–Crippen LogP) is 3.79. The molecule has 0 saturated heterocycles. The number of imidazole rings is 1. The zero-order valence-corrected chi connectivity index (χ0v) is 11.5. The maximum absolute atomic E-state index is 13.6. The number of aryl methyl sites for hydroxylation is 1. The lowest BCUT2D eigenvalue weighted by Gasteiger charge is -2.02. The molecule has 0 saturated carbocycles. The highest BCUT2D eigenvalue weighted by Gasteiger charge is 2.12. The number of benzene rings is 1. The van der Waals surface area contributed by atoms with Crippen LogP contribution in [0, 0.1) is 23.3 Å². The predicted molar refractivity (Wildman–Crippen MR) is 73.0 cm³/mol. The molecule has 0 amide bonds. The second-order valence-electron chi connectivity index (χ2n) is 4.16. The largest absolute Gasteiger partial charge is 0.328 e. The van der Waals surface area contributed by atoms with Crippen molar-refractivity contribution in [1.29, 1.82) is 0 Å². The van der Waals surface area contributed by atoms with Gasteiger partial charge in [0.15, 0.2) is 10.6 Å². The maximum Gasteiger partial charge on any atom is 0.178 e. The Morgan fingerprint density at radius 1 is 1.42 bits per heavy atom. The smallest absolute Gasteiger partial charge is 0.178 e. The molecule has 3 aromatic rings. The van der Waals surface area contributed by atoms with Gasteiger partial charge in [-0.25, -0.2) is 13.8 Å². The maximum atomic E-state index is 13.6. The van der Waals surface area contributed by atoms with Crippen LogP contribution in [0.25, 0.3) is 11.0 Å². The molecule has 19 heavy (non-hydrogen) atoms. The molecule has 1 N–H and O–H groups in total. The fourth-order valence-electron chi connectivity index (χ4n) is 1.98. The zero-order chi connectivity index (χ0) is 13.6. The van der Waals surface area contributed by atoms with E-state index in [1.165, 1.54) is 17.4 Å². The van der Waals surface area contributed by atoms with Crippen molar-refractivity contribution in [2.75, 3.05) is 0 Å². The summed E-state index contributed by atoms with van der Waals surface area (Å²) in [5.41, 5.74) is 1.45. The van der Waals surface area contributed by atoms with E-state index in [9.17, 15) is 8.78 Å². The van der Waals surface area contributed by atoms with Crippen LogP contribution in [0.5, 0.6) is 0 Å². The quantitative estimate of drug-likeness (QED) is 0.730. The summed E-state index contributed by atoms with van der Waals surface area (Å²) in [4.78, 5) is 7.09. The number of fused-ring (bicyclic) bond motifs is 1. The Kier molecular flexibility index (Phi) is 2.94. The van der Waals surface area contributed by atoms with E-state index in [2.05, 4.69) is 9.97 Å². The third-order valence-corrected chi connectivity index (χ3v) is 3.93. The third kappa shape index (κ3) is 2.19. The van der Waals surface area contributed by atoms with Gasteiger partial charge in [-0.05, 0) is 25.2 Å². The third-order valence-electron chi connectivity index (χ3n) is 2.79. The number of nitrogens with zero attached hydrogens (tertiary/aromatic N) is 2. The Labute approximate surface area is 116 Å². The molecule has 0 aliphatic carbocycles. The van der Waals surface area contributed by atoms with Crippen LogP contribution in [0.2, 0.25) is 0 Å². The summed E-state index contributed by atoms with van der Waals surface area (Å²) in [6, 6.07) is 2.11. The van der Waals surface area contributed by atoms with Gasteiger partial charge >= 0.3 is 0 Å². The molecule has 0 spiro atoms. The van der Waals surface area contributed by atoms with Gasteiger partial charge in [-0.15, -0.1) is 11.3 Å². The second-order valence-corrected chi connectivity index (χ2v) is 5.60. The highest BCUT2D eigenvalue weighted by Crippen LogP contribution is 2.21. The van der Waals surface area contributed by atoms with Gasteiger partial charge in [0.1, 0.15) is 11.3 Å². The van der Waals surface area contributed by atoms with Gasteiger partial charge in [-0.3, -0.25) is 0 Å². The Balaban J connectivity index is 2.18. The van der Waals surface area contributed by atoms with Crippen molar-refractivity contribution < 1.29 is 8.78 Å². The first-order chi connectivity index (χ1) is 9.04. The van der Waals surface area contributed by atoms with Gasteiger partial charge in [-0.1, -0.05) is 0 Å². The van der Waals surface area contributed by atoms with Gasteiger partial charge in [0.05, 0.1) is 22.8 Å². The van der Waals surface area contributed by atoms with Crippen molar-refractivity contribution >= 4 is 34.6 Å². The Bertz CT molecular complexity index is 816. The van der Waals surface area contributed by atoms with Crippen molar-refractivity contribution in [3.05, 3.63) is 44.6 Å². The van der Waals surface area contributed by atoms with Crippen LogP contribution in [0.3, 0.4) is 0 Å². The highest BCUT2D eigenvalue weighted by atomic mass is 32.1. The molecule has 0 atom stereocenters. The molecule has 0 aliphatic heterocycles. The first kappa shape index (κ1) is 12.4. The fourth-order valence-corrected chi connectivity index (χ4v) is 2.85. The van der Waals surface area contributed by atoms with Gasteiger partial charge in [0.25, 0.3) is 0 Å². The summed E-state index contributed by atoms with van der Waals surface area (Å²) < 4.78 is 28.9. The topological polar surface area (TPSA) is 33.6 Å². The fraction of sp³-hybridized carbons (Fsp3) is 0.167. The van der Waals surface area contributed by atoms with Crippen LogP contribution in [-0.4, -0.2) is 14.5 Å². The molecule has 0 radical (unpaired) electrons. The van der Waals surface area contributed by atoms with Crippen molar-refractivity contribution in [3.8, 4) is 0 Å². The molecule has 3 nitrogen and oxygen atoms in total. The first-order valence-corrected chi connectivity index (χ1v) is 6.82. The Hall–Kier alpha value is -1.60. The van der Waals surface area contributed by atoms with Crippen LogP contribution in [0.4, 0.5) is 8.78 Å². The molecule has 2 aromatic heterocycles. The lowest BCUT2D eigenvalue weighted by molar-refractivity contribution is 0.590. The van der Waals surface area contributed by atoms with Gasteiger partial charge in [0.2, 0.25) is 0 Å². The number of aromatic nitrogens is 3. The van der Waals surface area contributed by atoms with E-state index in [0.717, 1.165) is 16.8 Å². The van der Waals surface area contributed by atoms with E-state index in [-0.39, 0.29) is 5.52 Å². The standard InChI is InChI=1S/C12H9F2N3S2/c1-6-15-8(5-19-6)4-17-10-3-7(13)2-9(14)11(10)16-12(17)18/h2-3,5H,4H2,1H3,(H,16,18). The molecule has 3 rings (SSSR count). The molecule has 0 unspecified atom stereocenters. The molecular weight excluding hydrogens is 288 g/mol. The van der Waals surface area contributed by atoms with E-state index in [4.69, 9.17) is 12.2 Å². The zero-order valence-electron chi connectivity index (χ0n) is 9.91. The Morgan fingerprint density at radius 2 is 2.21 bits per heavy atom. The molecule has 0 fully saturated rings. The summed E-state index contributed by atoms with van der Waals surface area (Å²) in [6.07, 6.45) is 0. The number of thiazole rings is 1. The number of H-pyrrole nitrogens is 1. The number of nitrogens with one attached hydrogen (secondary N) is 1. The minimum Gasteiger partial charge on any atom is -0.328 e. The summed E-state index contributed by atoms with van der Waals surface area (Å²) in [5, 5.41) is 2.85. The first-order valence-electron chi connectivity index (χ1n) is 5.53. The minimum atomic E-state index is -0.644. The lowest BCUT2D eigenvalue weighted by atomic mass is 10.3. The minimum absolute atomic E-state index is 0.221. The summed E-state index contributed by atoms with van der Waals surface area (Å²) in [6.45, 7) is 2.30. The molecule has 98 valence electrons. The normalized spacial score (nSPS) is 11.3. The van der Waals surface area contributed by atoms with Crippen molar-refractivity contribution in [2.24, 2.45) is 0 Å². The average Bonchev–Trinajstić information content (AvgIpc) is 2.87. The van der Waals surface area contributed by atoms with Crippen molar-refractivity contribution in [1.82, 2.24) is 14.5 Å². The number of hydrogen-bond acceptors (Lipinski definition) is 3.